The van der Waals surface area contributed by atoms with Crippen LogP contribution in [0.1, 0.15) is 15.9 Å². The van der Waals surface area contributed by atoms with Gasteiger partial charge >= 0.3 is 0 Å². The average molecular weight is 453 g/mol. The van der Waals surface area contributed by atoms with E-state index in [0.29, 0.717) is 11.3 Å². The Bertz CT molecular complexity index is 1140. The normalized spacial score (nSPS) is 10.8. The van der Waals surface area contributed by atoms with Crippen molar-refractivity contribution in [2.75, 3.05) is 12.4 Å². The van der Waals surface area contributed by atoms with Gasteiger partial charge in [0.1, 0.15) is 10.8 Å². The molecule has 1 aromatic heterocycles. The number of hydrogen-bond acceptors (Lipinski definition) is 4. The highest BCUT2D eigenvalue weighted by molar-refractivity contribution is 9.10. The van der Waals surface area contributed by atoms with Crippen LogP contribution in [0.2, 0.25) is 0 Å². The zero-order valence-electron chi connectivity index (χ0n) is 15.3. The maximum atomic E-state index is 12.7. The molecule has 6 heteroatoms. The van der Waals surface area contributed by atoms with Crippen LogP contribution in [0, 0.1) is 6.92 Å². The van der Waals surface area contributed by atoms with Gasteiger partial charge in [-0.05, 0) is 61.0 Å². The van der Waals surface area contributed by atoms with Crippen molar-refractivity contribution >= 4 is 49.1 Å². The zero-order valence-corrected chi connectivity index (χ0v) is 17.7. The molecule has 28 heavy (non-hydrogen) atoms. The Balaban J connectivity index is 1.57. The summed E-state index contributed by atoms with van der Waals surface area (Å²) in [5, 5.41) is 3.90. The Hall–Kier alpha value is -2.70. The van der Waals surface area contributed by atoms with Gasteiger partial charge in [0.2, 0.25) is 0 Å². The van der Waals surface area contributed by atoms with E-state index in [0.717, 1.165) is 36.5 Å². The monoisotopic (exact) mass is 452 g/mol. The first-order valence-electron chi connectivity index (χ1n) is 8.66. The summed E-state index contributed by atoms with van der Waals surface area (Å²) in [6.07, 6.45) is 0. The lowest BCUT2D eigenvalue weighted by atomic mass is 10.1. The van der Waals surface area contributed by atoms with Gasteiger partial charge in [0.15, 0.2) is 0 Å². The molecule has 0 aliphatic rings. The van der Waals surface area contributed by atoms with Gasteiger partial charge in [0, 0.05) is 15.7 Å². The highest BCUT2D eigenvalue weighted by atomic mass is 79.9. The van der Waals surface area contributed by atoms with Crippen molar-refractivity contribution in [3.05, 3.63) is 76.3 Å². The molecule has 4 aromatic rings. The second-order valence-electron chi connectivity index (χ2n) is 6.32. The van der Waals surface area contributed by atoms with Crippen LogP contribution in [0.15, 0.2) is 65.1 Å². The van der Waals surface area contributed by atoms with Crippen LogP contribution in [-0.2, 0) is 0 Å². The number of benzene rings is 3. The van der Waals surface area contributed by atoms with Gasteiger partial charge in [-0.15, -0.1) is 11.3 Å². The van der Waals surface area contributed by atoms with E-state index in [9.17, 15) is 4.79 Å². The van der Waals surface area contributed by atoms with Gasteiger partial charge in [-0.2, -0.15) is 0 Å². The highest BCUT2D eigenvalue weighted by Crippen LogP contribution is 2.31. The topological polar surface area (TPSA) is 51.2 Å². The highest BCUT2D eigenvalue weighted by Gasteiger charge is 2.16. The minimum atomic E-state index is -0.214. The van der Waals surface area contributed by atoms with Crippen LogP contribution in [0.3, 0.4) is 0 Å². The molecule has 1 amide bonds. The summed E-state index contributed by atoms with van der Waals surface area (Å²) in [5.41, 5.74) is 4.12. The summed E-state index contributed by atoms with van der Waals surface area (Å²) in [7, 11) is 1.57. The molecule has 0 bridgehead atoms. The van der Waals surface area contributed by atoms with Crippen LogP contribution >= 0.6 is 27.3 Å². The molecular weight excluding hydrogens is 436 g/mol. The number of fused-ring (bicyclic) bond motifs is 1. The number of halogens is 1. The molecule has 0 saturated heterocycles. The minimum absolute atomic E-state index is 0.214. The van der Waals surface area contributed by atoms with Crippen molar-refractivity contribution < 1.29 is 9.53 Å². The average Bonchev–Trinajstić information content (AvgIpc) is 3.12. The van der Waals surface area contributed by atoms with Gasteiger partial charge in [-0.1, -0.05) is 28.1 Å². The minimum Gasteiger partial charge on any atom is -0.496 e. The molecule has 0 fully saturated rings. The van der Waals surface area contributed by atoms with Gasteiger partial charge in [-0.3, -0.25) is 4.79 Å². The lowest BCUT2D eigenvalue weighted by Gasteiger charge is -2.12. The smallest absolute Gasteiger partial charge is 0.259 e. The molecule has 0 aliphatic carbocycles. The molecule has 1 N–H and O–H groups in total. The molecule has 0 saturated carbocycles. The first-order valence-corrected chi connectivity index (χ1v) is 10.3. The third-order valence-electron chi connectivity index (χ3n) is 4.37. The molecule has 4 rings (SSSR count). The molecule has 140 valence electrons. The summed E-state index contributed by atoms with van der Waals surface area (Å²) >= 11 is 5.09. The molecule has 1 heterocycles. The first-order chi connectivity index (χ1) is 13.5. The van der Waals surface area contributed by atoms with E-state index in [1.54, 1.807) is 24.5 Å². The lowest BCUT2D eigenvalue weighted by Crippen LogP contribution is -2.13. The summed E-state index contributed by atoms with van der Waals surface area (Å²) in [6.45, 7) is 1.91. The van der Waals surface area contributed by atoms with Crippen molar-refractivity contribution in [2.24, 2.45) is 0 Å². The van der Waals surface area contributed by atoms with Crippen molar-refractivity contribution in [1.82, 2.24) is 4.98 Å². The van der Waals surface area contributed by atoms with Crippen molar-refractivity contribution in [3.8, 4) is 16.3 Å². The number of para-hydroxylation sites is 1. The Kier molecular flexibility index (Phi) is 5.15. The fourth-order valence-corrected chi connectivity index (χ4v) is 4.60. The number of aryl methyl sites for hydroxylation is 1. The van der Waals surface area contributed by atoms with E-state index >= 15 is 0 Å². The molecule has 0 unspecified atom stereocenters. The first kappa shape index (κ1) is 18.7. The maximum absolute atomic E-state index is 12.7. The van der Waals surface area contributed by atoms with Crippen molar-refractivity contribution in [2.45, 2.75) is 6.92 Å². The van der Waals surface area contributed by atoms with Crippen LogP contribution in [0.25, 0.3) is 20.8 Å². The number of aromatic nitrogens is 1. The van der Waals surface area contributed by atoms with Gasteiger partial charge in [0.25, 0.3) is 5.91 Å². The van der Waals surface area contributed by atoms with E-state index < -0.39 is 0 Å². The summed E-state index contributed by atoms with van der Waals surface area (Å²) in [5.74, 6) is 0.362. The van der Waals surface area contributed by atoms with Crippen molar-refractivity contribution in [1.29, 1.82) is 0 Å². The maximum Gasteiger partial charge on any atom is 0.259 e. The van der Waals surface area contributed by atoms with Gasteiger partial charge in [0.05, 0.1) is 22.9 Å². The standard InChI is InChI=1S/C22H17BrN2O2S/c1-13-11-15(23)12-17(20(13)27-2)21(26)24-16-9-7-14(8-10-16)22-25-18-5-3-4-6-19(18)28-22/h3-12H,1-2H3,(H,24,26). The molecule has 0 atom stereocenters. The van der Waals surface area contributed by atoms with E-state index in [2.05, 4.69) is 32.3 Å². The summed E-state index contributed by atoms with van der Waals surface area (Å²) < 4.78 is 7.40. The number of hydrogen-bond donors (Lipinski definition) is 1. The predicted octanol–water partition coefficient (Wildman–Crippen LogP) is 6.30. The zero-order chi connectivity index (χ0) is 19.7. The van der Waals surface area contributed by atoms with Gasteiger partial charge in [-0.25, -0.2) is 4.98 Å². The van der Waals surface area contributed by atoms with Crippen LogP contribution in [-0.4, -0.2) is 18.0 Å². The number of thiazole rings is 1. The fourth-order valence-electron chi connectivity index (χ4n) is 3.06. The number of anilines is 1. The third-order valence-corrected chi connectivity index (χ3v) is 5.92. The summed E-state index contributed by atoms with van der Waals surface area (Å²) in [6, 6.07) is 19.5. The largest absolute Gasteiger partial charge is 0.496 e. The number of carbonyl (C=O) groups is 1. The Morgan fingerprint density at radius 3 is 2.57 bits per heavy atom. The van der Waals surface area contributed by atoms with E-state index in [-0.39, 0.29) is 5.91 Å². The number of nitrogens with one attached hydrogen (secondary N) is 1. The Morgan fingerprint density at radius 2 is 1.86 bits per heavy atom. The second-order valence-corrected chi connectivity index (χ2v) is 8.27. The number of carbonyl (C=O) groups excluding carboxylic acids is 1. The Labute approximate surface area is 175 Å². The van der Waals surface area contributed by atoms with Crippen LogP contribution in [0.5, 0.6) is 5.75 Å². The van der Waals surface area contributed by atoms with Crippen LogP contribution < -0.4 is 10.1 Å². The molecule has 4 nitrogen and oxygen atoms in total. The quantitative estimate of drug-likeness (QED) is 0.395. The van der Waals surface area contributed by atoms with Crippen LogP contribution in [0.4, 0.5) is 5.69 Å². The van der Waals surface area contributed by atoms with Gasteiger partial charge < -0.3 is 10.1 Å². The van der Waals surface area contributed by atoms with Crippen molar-refractivity contribution in [3.63, 3.8) is 0 Å². The Morgan fingerprint density at radius 1 is 1.11 bits per heavy atom. The number of ether oxygens (including phenoxy) is 1. The molecule has 0 spiro atoms. The number of amides is 1. The fraction of sp³-hybridized carbons (Fsp3) is 0.0909. The molecular formula is C22H17BrN2O2S. The van der Waals surface area contributed by atoms with E-state index in [1.165, 1.54) is 0 Å². The molecule has 0 radical (unpaired) electrons. The number of methoxy groups -OCH3 is 1. The predicted molar refractivity (Wildman–Crippen MR) is 118 cm³/mol. The lowest BCUT2D eigenvalue weighted by molar-refractivity contribution is 0.102. The number of rotatable bonds is 4. The second kappa shape index (κ2) is 7.73. The SMILES string of the molecule is COc1c(C)cc(Br)cc1C(=O)Nc1ccc(-c2nc3ccccc3s2)cc1. The summed E-state index contributed by atoms with van der Waals surface area (Å²) in [4.78, 5) is 17.4. The molecule has 0 aliphatic heterocycles. The molecule has 3 aromatic carbocycles. The number of nitrogens with zero attached hydrogens (tertiary/aromatic N) is 1. The van der Waals surface area contributed by atoms with E-state index in [4.69, 9.17) is 4.74 Å². The third kappa shape index (κ3) is 3.66. The van der Waals surface area contributed by atoms with E-state index in [1.807, 2.05) is 55.5 Å².